The van der Waals surface area contributed by atoms with Crippen LogP contribution in [0, 0.1) is 0 Å². The molecule has 1 N–H and O–H groups in total. The number of halogens is 3. The third kappa shape index (κ3) is 3.62. The van der Waals surface area contributed by atoms with E-state index in [0.717, 1.165) is 30.3 Å². The van der Waals surface area contributed by atoms with Gasteiger partial charge in [0.05, 0.1) is 23.6 Å². The molecule has 2 aromatic rings. The predicted octanol–water partition coefficient (Wildman–Crippen LogP) is 4.80. The molecule has 2 aliphatic rings. The van der Waals surface area contributed by atoms with Gasteiger partial charge in [0.2, 0.25) is 0 Å². The average molecular weight is 420 g/mol. The number of carbonyl (C=O) groups is 1. The maximum absolute atomic E-state index is 13.8. The molecule has 3 heterocycles. The van der Waals surface area contributed by atoms with Gasteiger partial charge in [0, 0.05) is 17.2 Å². The molecule has 1 atom stereocenters. The number of carbonyl (C=O) groups excluding carboxylic acids is 1. The number of ether oxygens (including phenoxy) is 1. The van der Waals surface area contributed by atoms with Crippen molar-refractivity contribution in [2.24, 2.45) is 4.99 Å². The Balaban J connectivity index is 1.80. The van der Waals surface area contributed by atoms with Crippen molar-refractivity contribution < 1.29 is 27.8 Å². The second-order valence-electron chi connectivity index (χ2n) is 6.51. The van der Waals surface area contributed by atoms with Crippen molar-refractivity contribution in [2.45, 2.75) is 29.8 Å². The zero-order chi connectivity index (χ0) is 20.8. The predicted molar refractivity (Wildman–Crippen MR) is 102 cm³/mol. The van der Waals surface area contributed by atoms with Gasteiger partial charge in [-0.1, -0.05) is 18.7 Å². The van der Waals surface area contributed by atoms with E-state index in [0.29, 0.717) is 17.9 Å². The van der Waals surface area contributed by atoms with Crippen molar-refractivity contribution in [3.63, 3.8) is 0 Å². The van der Waals surface area contributed by atoms with Crippen LogP contribution in [0.1, 0.15) is 24.5 Å². The van der Waals surface area contributed by atoms with Crippen molar-refractivity contribution in [3.8, 4) is 17.0 Å². The molecule has 9 heteroatoms. The first-order valence-corrected chi connectivity index (χ1v) is 9.71. The quantitative estimate of drug-likeness (QED) is 0.769. The number of aromatic nitrogens is 1. The topological polar surface area (TPSA) is 71.8 Å². The number of aliphatic hydroxyl groups is 1. The lowest BCUT2D eigenvalue weighted by Gasteiger charge is -2.16. The van der Waals surface area contributed by atoms with Gasteiger partial charge in [0.15, 0.2) is 0 Å². The van der Waals surface area contributed by atoms with Gasteiger partial charge >= 0.3 is 6.18 Å². The van der Waals surface area contributed by atoms with Gasteiger partial charge in [-0.05, 0) is 36.8 Å². The molecule has 0 radical (unpaired) electrons. The Morgan fingerprint density at radius 3 is 2.62 bits per heavy atom. The zero-order valence-corrected chi connectivity index (χ0v) is 16.0. The number of aliphatic imine (C=N–C) groups is 1. The summed E-state index contributed by atoms with van der Waals surface area (Å²) < 4.78 is 47.0. The summed E-state index contributed by atoms with van der Waals surface area (Å²) in [4.78, 5) is 19.7. The molecule has 5 nitrogen and oxygen atoms in total. The van der Waals surface area contributed by atoms with E-state index < -0.39 is 22.9 Å². The molecule has 0 saturated heterocycles. The Kier molecular flexibility index (Phi) is 4.85. The summed E-state index contributed by atoms with van der Waals surface area (Å²) in [6.07, 6.45) is -2.92. The van der Waals surface area contributed by atoms with Crippen LogP contribution < -0.4 is 4.74 Å². The SMILES string of the molecule is CCCOc1ccc(-c2cc(C(F)(F)F)c3c(n2)SC2C(O)=CC(=O)N=C32)cc1. The number of fused-ring (bicyclic) bond motifs is 3. The highest BCUT2D eigenvalue weighted by molar-refractivity contribution is 8.01. The van der Waals surface area contributed by atoms with Gasteiger partial charge in [-0.3, -0.25) is 4.79 Å². The summed E-state index contributed by atoms with van der Waals surface area (Å²) in [5.74, 6) is -0.492. The lowest BCUT2D eigenvalue weighted by Crippen LogP contribution is -2.24. The summed E-state index contributed by atoms with van der Waals surface area (Å²) >= 11 is 0.946. The number of dihydropyridines is 1. The minimum Gasteiger partial charge on any atom is -0.510 e. The zero-order valence-electron chi connectivity index (χ0n) is 15.2. The van der Waals surface area contributed by atoms with Crippen LogP contribution in [-0.4, -0.2) is 33.6 Å². The highest BCUT2D eigenvalue weighted by Gasteiger charge is 2.45. The van der Waals surface area contributed by atoms with Gasteiger partial charge in [-0.2, -0.15) is 13.2 Å². The highest BCUT2D eigenvalue weighted by Crippen LogP contribution is 2.47. The third-order valence-electron chi connectivity index (χ3n) is 4.42. The maximum atomic E-state index is 13.8. The second kappa shape index (κ2) is 7.22. The van der Waals surface area contributed by atoms with E-state index in [9.17, 15) is 23.1 Å². The first-order valence-electron chi connectivity index (χ1n) is 8.83. The van der Waals surface area contributed by atoms with Crippen LogP contribution in [0.3, 0.4) is 0 Å². The van der Waals surface area contributed by atoms with E-state index >= 15 is 0 Å². The fraction of sp³-hybridized carbons (Fsp3) is 0.250. The summed E-state index contributed by atoms with van der Waals surface area (Å²) in [7, 11) is 0. The molecule has 0 fully saturated rings. The Morgan fingerprint density at radius 1 is 1.24 bits per heavy atom. The number of alkyl halides is 3. The van der Waals surface area contributed by atoms with Gasteiger partial charge in [0.25, 0.3) is 5.91 Å². The van der Waals surface area contributed by atoms with E-state index in [1.165, 1.54) is 0 Å². The standard InChI is InChI=1S/C20H15F3N2O3S/c1-2-7-28-11-5-3-10(4-6-11)13-8-12(20(21,22)23)16-17-18(29-19(16)24-13)14(26)9-15(27)25-17/h3-6,8-9,18,26H,2,7H2,1H3. The van der Waals surface area contributed by atoms with Crippen LogP contribution in [0.4, 0.5) is 13.2 Å². The minimum absolute atomic E-state index is 0.0829. The molecule has 29 heavy (non-hydrogen) atoms. The molecule has 0 saturated carbocycles. The Bertz CT molecular complexity index is 1050. The number of amides is 1. The molecular formula is C20H15F3N2O3S. The van der Waals surface area contributed by atoms with Gasteiger partial charge in [-0.25, -0.2) is 9.98 Å². The van der Waals surface area contributed by atoms with Crippen molar-refractivity contribution in [2.75, 3.05) is 6.61 Å². The number of thioether (sulfide) groups is 1. The van der Waals surface area contributed by atoms with Gasteiger partial charge < -0.3 is 9.84 Å². The monoisotopic (exact) mass is 420 g/mol. The molecule has 0 aliphatic carbocycles. The smallest absolute Gasteiger partial charge is 0.417 e. The van der Waals surface area contributed by atoms with Crippen LogP contribution in [0.5, 0.6) is 5.75 Å². The summed E-state index contributed by atoms with van der Waals surface area (Å²) in [5, 5.41) is 9.24. The second-order valence-corrected chi connectivity index (χ2v) is 7.60. The highest BCUT2D eigenvalue weighted by atomic mass is 32.2. The lowest BCUT2D eigenvalue weighted by atomic mass is 9.98. The molecule has 0 bridgehead atoms. The Labute approximate surface area is 168 Å². The average Bonchev–Trinajstić information content (AvgIpc) is 3.04. The largest absolute Gasteiger partial charge is 0.510 e. The first kappa shape index (κ1) is 19.5. The fourth-order valence-electron chi connectivity index (χ4n) is 3.13. The molecule has 1 unspecified atom stereocenters. The van der Waals surface area contributed by atoms with Crippen molar-refractivity contribution in [3.05, 3.63) is 53.3 Å². The van der Waals surface area contributed by atoms with Crippen LogP contribution >= 0.6 is 11.8 Å². The van der Waals surface area contributed by atoms with E-state index in [1.54, 1.807) is 24.3 Å². The minimum atomic E-state index is -4.68. The number of pyridine rings is 1. The molecule has 1 aromatic carbocycles. The normalized spacial score (nSPS) is 18.1. The van der Waals surface area contributed by atoms with E-state index in [1.807, 2.05) is 6.92 Å². The van der Waals surface area contributed by atoms with Crippen LogP contribution in [0.15, 0.2) is 52.2 Å². The fourth-order valence-corrected chi connectivity index (χ4v) is 4.31. The van der Waals surface area contributed by atoms with Gasteiger partial charge in [-0.15, -0.1) is 0 Å². The Hall–Kier alpha value is -2.81. The van der Waals surface area contributed by atoms with E-state index in [2.05, 4.69) is 9.98 Å². The third-order valence-corrected chi connectivity index (χ3v) is 5.64. The molecule has 1 aromatic heterocycles. The van der Waals surface area contributed by atoms with Crippen molar-refractivity contribution in [1.82, 2.24) is 4.98 Å². The molecule has 1 amide bonds. The van der Waals surface area contributed by atoms with Crippen LogP contribution in [0.2, 0.25) is 0 Å². The number of aliphatic hydroxyl groups excluding tert-OH is 1. The number of hydrogen-bond acceptors (Lipinski definition) is 5. The molecule has 0 spiro atoms. The van der Waals surface area contributed by atoms with E-state index in [-0.39, 0.29) is 27.8 Å². The lowest BCUT2D eigenvalue weighted by molar-refractivity contribution is -0.138. The molecular weight excluding hydrogens is 405 g/mol. The number of nitrogens with zero attached hydrogens (tertiary/aromatic N) is 2. The molecule has 4 rings (SSSR count). The van der Waals surface area contributed by atoms with Crippen LogP contribution in [0.25, 0.3) is 11.3 Å². The van der Waals surface area contributed by atoms with Crippen LogP contribution in [-0.2, 0) is 11.0 Å². The van der Waals surface area contributed by atoms with Crippen molar-refractivity contribution in [1.29, 1.82) is 0 Å². The van der Waals surface area contributed by atoms with E-state index in [4.69, 9.17) is 4.74 Å². The Morgan fingerprint density at radius 2 is 1.97 bits per heavy atom. The number of hydrogen-bond donors (Lipinski definition) is 1. The molecule has 150 valence electrons. The number of rotatable bonds is 4. The molecule has 2 aliphatic heterocycles. The number of benzene rings is 1. The summed E-state index contributed by atoms with van der Waals surface area (Å²) in [6.45, 7) is 2.52. The summed E-state index contributed by atoms with van der Waals surface area (Å²) in [5.41, 5.74) is -0.646. The first-order chi connectivity index (χ1) is 13.8. The summed E-state index contributed by atoms with van der Waals surface area (Å²) in [6, 6.07) is 7.59. The maximum Gasteiger partial charge on any atom is 0.417 e. The van der Waals surface area contributed by atoms with Gasteiger partial charge in [0.1, 0.15) is 21.8 Å². The van der Waals surface area contributed by atoms with Crippen molar-refractivity contribution >= 4 is 23.4 Å².